The predicted octanol–water partition coefficient (Wildman–Crippen LogP) is 2.90. The van der Waals surface area contributed by atoms with Gasteiger partial charge in [0.25, 0.3) is 0 Å². The molecular weight excluding hydrogens is 370 g/mol. The van der Waals surface area contributed by atoms with Crippen LogP contribution in [0.3, 0.4) is 0 Å². The lowest BCUT2D eigenvalue weighted by atomic mass is 10.1. The van der Waals surface area contributed by atoms with Crippen LogP contribution in [-0.2, 0) is 17.8 Å². The van der Waals surface area contributed by atoms with E-state index >= 15 is 0 Å². The summed E-state index contributed by atoms with van der Waals surface area (Å²) in [7, 11) is 3.48. The van der Waals surface area contributed by atoms with E-state index in [9.17, 15) is 4.79 Å². The summed E-state index contributed by atoms with van der Waals surface area (Å²) in [5, 5.41) is 10.00. The molecule has 3 rings (SSSR count). The van der Waals surface area contributed by atoms with Crippen LogP contribution in [0.2, 0.25) is 0 Å². The number of H-pyrrole nitrogens is 1. The average molecular weight is 398 g/mol. The number of amides is 1. The van der Waals surface area contributed by atoms with Crippen molar-refractivity contribution in [3.05, 3.63) is 57.9 Å². The third-order valence-corrected chi connectivity index (χ3v) is 5.45. The van der Waals surface area contributed by atoms with E-state index in [1.807, 2.05) is 12.1 Å². The third kappa shape index (κ3) is 5.13. The first-order valence-electron chi connectivity index (χ1n) is 9.35. The summed E-state index contributed by atoms with van der Waals surface area (Å²) in [4.78, 5) is 22.6. The first kappa shape index (κ1) is 19.9. The number of likely N-dealkylation sites (N-methyl/N-ethyl adjacent to an activating group) is 1. The Morgan fingerprint density at radius 2 is 2.00 bits per heavy atom. The van der Waals surface area contributed by atoms with Crippen molar-refractivity contribution < 1.29 is 4.79 Å². The number of aliphatic imine (C=N–C) groups is 1. The highest BCUT2D eigenvalue weighted by Gasteiger charge is 2.09. The molecule has 0 unspecified atom stereocenters. The summed E-state index contributed by atoms with van der Waals surface area (Å²) in [6.07, 6.45) is 0.872. The highest BCUT2D eigenvalue weighted by molar-refractivity contribution is 7.09. The van der Waals surface area contributed by atoms with Crippen LogP contribution in [0.4, 0.5) is 0 Å². The largest absolute Gasteiger partial charge is 0.358 e. The lowest BCUT2D eigenvalue weighted by molar-refractivity contribution is -0.127. The summed E-state index contributed by atoms with van der Waals surface area (Å²) in [5.41, 5.74) is 3.66. The number of aryl methyl sites for hydroxylation is 1. The zero-order chi connectivity index (χ0) is 19.9. The van der Waals surface area contributed by atoms with E-state index in [4.69, 9.17) is 0 Å². The lowest BCUT2D eigenvalue weighted by Gasteiger charge is -2.13. The molecule has 7 heteroatoms. The van der Waals surface area contributed by atoms with Crippen LogP contribution in [0.25, 0.3) is 10.9 Å². The number of benzene rings is 1. The third-order valence-electron chi connectivity index (χ3n) is 4.58. The van der Waals surface area contributed by atoms with E-state index in [1.54, 1.807) is 30.3 Å². The molecule has 0 bridgehead atoms. The van der Waals surface area contributed by atoms with Crippen LogP contribution in [0.15, 0.2) is 46.8 Å². The minimum atomic E-state index is -0.0234. The molecule has 148 valence electrons. The van der Waals surface area contributed by atoms with Crippen LogP contribution >= 0.6 is 11.3 Å². The molecule has 0 aliphatic heterocycles. The molecule has 0 saturated carbocycles. The Balaban J connectivity index is 1.63. The first-order valence-corrected chi connectivity index (χ1v) is 10.2. The SMILES string of the molecule is Cc1[nH]c2ccccc2c1CCNC(=NCC(=O)N(C)C)NCc1cccs1. The van der Waals surface area contributed by atoms with Gasteiger partial charge in [-0.15, -0.1) is 11.3 Å². The van der Waals surface area contributed by atoms with Crippen molar-refractivity contribution >= 4 is 34.1 Å². The van der Waals surface area contributed by atoms with E-state index in [0.717, 1.165) is 18.5 Å². The van der Waals surface area contributed by atoms with Crippen molar-refractivity contribution in [2.24, 2.45) is 4.99 Å². The monoisotopic (exact) mass is 397 g/mol. The number of hydrogen-bond donors (Lipinski definition) is 3. The number of carbonyl (C=O) groups is 1. The van der Waals surface area contributed by atoms with Gasteiger partial charge < -0.3 is 20.5 Å². The Hall–Kier alpha value is -2.80. The Labute approximate surface area is 169 Å². The number of aromatic nitrogens is 1. The summed E-state index contributed by atoms with van der Waals surface area (Å²) >= 11 is 1.69. The molecule has 2 aromatic heterocycles. The van der Waals surface area contributed by atoms with E-state index in [1.165, 1.54) is 21.5 Å². The van der Waals surface area contributed by atoms with Gasteiger partial charge in [-0.25, -0.2) is 4.99 Å². The van der Waals surface area contributed by atoms with Crippen LogP contribution in [0, 0.1) is 6.92 Å². The summed E-state index contributed by atoms with van der Waals surface area (Å²) in [5.74, 6) is 0.630. The Morgan fingerprint density at radius 1 is 1.18 bits per heavy atom. The second-order valence-corrected chi connectivity index (χ2v) is 7.87. The quantitative estimate of drug-likeness (QED) is 0.424. The maximum absolute atomic E-state index is 11.9. The van der Waals surface area contributed by atoms with Crippen molar-refractivity contribution in [3.63, 3.8) is 0 Å². The van der Waals surface area contributed by atoms with Gasteiger partial charge in [0.1, 0.15) is 6.54 Å². The van der Waals surface area contributed by atoms with E-state index in [2.05, 4.69) is 57.2 Å². The number of rotatable bonds is 7. The smallest absolute Gasteiger partial charge is 0.243 e. The number of hydrogen-bond acceptors (Lipinski definition) is 3. The lowest BCUT2D eigenvalue weighted by Crippen LogP contribution is -2.39. The second-order valence-electron chi connectivity index (χ2n) is 6.84. The van der Waals surface area contributed by atoms with Crippen LogP contribution in [0.5, 0.6) is 0 Å². The van der Waals surface area contributed by atoms with Gasteiger partial charge in [0.05, 0.1) is 6.54 Å². The molecular formula is C21H27N5OS. The van der Waals surface area contributed by atoms with Gasteiger partial charge in [0.2, 0.25) is 5.91 Å². The normalized spacial score (nSPS) is 11.6. The number of carbonyl (C=O) groups excluding carboxylic acids is 1. The highest BCUT2D eigenvalue weighted by Crippen LogP contribution is 2.21. The molecule has 1 amide bonds. The topological polar surface area (TPSA) is 72.5 Å². The Morgan fingerprint density at radius 3 is 2.75 bits per heavy atom. The molecule has 1 aromatic carbocycles. The number of nitrogens with zero attached hydrogens (tertiary/aromatic N) is 2. The molecule has 3 aromatic rings. The molecule has 0 aliphatic carbocycles. The molecule has 0 spiro atoms. The van der Waals surface area contributed by atoms with Crippen molar-refractivity contribution in [2.45, 2.75) is 19.9 Å². The summed E-state index contributed by atoms with van der Waals surface area (Å²) in [6.45, 7) is 3.65. The van der Waals surface area contributed by atoms with Crippen molar-refractivity contribution in [1.29, 1.82) is 0 Å². The van der Waals surface area contributed by atoms with E-state index in [0.29, 0.717) is 12.5 Å². The van der Waals surface area contributed by atoms with Gasteiger partial charge >= 0.3 is 0 Å². The number of fused-ring (bicyclic) bond motifs is 1. The number of guanidine groups is 1. The van der Waals surface area contributed by atoms with Gasteiger partial charge in [-0.1, -0.05) is 24.3 Å². The number of para-hydroxylation sites is 1. The Kier molecular flexibility index (Phi) is 6.71. The molecule has 6 nitrogen and oxygen atoms in total. The maximum Gasteiger partial charge on any atom is 0.243 e. The zero-order valence-electron chi connectivity index (χ0n) is 16.6. The standard InChI is InChI=1S/C21H27N5OS/c1-15-17(18-8-4-5-9-19(18)25-15)10-11-22-21(24-14-20(27)26(2)3)23-13-16-7-6-12-28-16/h4-9,12,25H,10-11,13-14H2,1-3H3,(H2,22,23,24). The maximum atomic E-state index is 11.9. The number of nitrogens with one attached hydrogen (secondary N) is 3. The van der Waals surface area contributed by atoms with Crippen LogP contribution in [0.1, 0.15) is 16.1 Å². The molecule has 28 heavy (non-hydrogen) atoms. The van der Waals surface area contributed by atoms with E-state index in [-0.39, 0.29) is 12.5 Å². The molecule has 0 aliphatic rings. The van der Waals surface area contributed by atoms with Crippen molar-refractivity contribution in [2.75, 3.05) is 27.2 Å². The predicted molar refractivity (Wildman–Crippen MR) is 117 cm³/mol. The van der Waals surface area contributed by atoms with Crippen molar-refractivity contribution in [3.8, 4) is 0 Å². The summed E-state index contributed by atoms with van der Waals surface area (Å²) in [6, 6.07) is 12.5. The van der Waals surface area contributed by atoms with Crippen LogP contribution in [-0.4, -0.2) is 48.9 Å². The summed E-state index contributed by atoms with van der Waals surface area (Å²) < 4.78 is 0. The van der Waals surface area contributed by atoms with Gasteiger partial charge in [-0.3, -0.25) is 4.79 Å². The molecule has 0 atom stereocenters. The zero-order valence-corrected chi connectivity index (χ0v) is 17.4. The minimum absolute atomic E-state index is 0.0234. The molecule has 2 heterocycles. The first-order chi connectivity index (χ1) is 13.5. The van der Waals surface area contributed by atoms with Gasteiger partial charge in [-0.05, 0) is 36.4 Å². The molecule has 0 saturated heterocycles. The van der Waals surface area contributed by atoms with E-state index < -0.39 is 0 Å². The number of thiophene rings is 1. The van der Waals surface area contributed by atoms with Crippen molar-refractivity contribution in [1.82, 2.24) is 20.5 Å². The minimum Gasteiger partial charge on any atom is -0.358 e. The molecule has 0 radical (unpaired) electrons. The Bertz CT molecular complexity index is 943. The fourth-order valence-corrected chi connectivity index (χ4v) is 3.65. The average Bonchev–Trinajstić information content (AvgIpc) is 3.30. The van der Waals surface area contributed by atoms with Crippen LogP contribution < -0.4 is 10.6 Å². The fraction of sp³-hybridized carbons (Fsp3) is 0.333. The molecule has 3 N–H and O–H groups in total. The van der Waals surface area contributed by atoms with Gasteiger partial charge in [0.15, 0.2) is 5.96 Å². The fourth-order valence-electron chi connectivity index (χ4n) is 3.01. The highest BCUT2D eigenvalue weighted by atomic mass is 32.1. The number of aromatic amines is 1. The van der Waals surface area contributed by atoms with Gasteiger partial charge in [-0.2, -0.15) is 0 Å². The second kappa shape index (κ2) is 9.41. The van der Waals surface area contributed by atoms with Gasteiger partial charge in [0, 0.05) is 42.1 Å². The molecule has 0 fully saturated rings.